The van der Waals surface area contributed by atoms with Gasteiger partial charge in [-0.05, 0) is 28.1 Å². The third-order valence-electron chi connectivity index (χ3n) is 1.68. The number of nitrogen functional groups attached to an aromatic ring is 1. The van der Waals surface area contributed by atoms with Crippen LogP contribution in [-0.2, 0) is 20.0 Å². The molecule has 0 amide bonds. The second-order valence-electron chi connectivity index (χ2n) is 2.91. The van der Waals surface area contributed by atoms with Crippen LogP contribution in [0.1, 0.15) is 0 Å². The third-order valence-corrected chi connectivity index (χ3v) is 4.51. The number of hydrogen-bond acceptors (Lipinski definition) is 5. The van der Waals surface area contributed by atoms with Crippen LogP contribution in [0, 0.1) is 0 Å². The van der Waals surface area contributed by atoms with Gasteiger partial charge in [0.1, 0.15) is 4.90 Å². The first-order valence-electron chi connectivity index (χ1n) is 3.68. The number of sulfonamides is 2. The Labute approximate surface area is 101 Å². The Kier molecular flexibility index (Phi) is 3.32. The zero-order valence-electron chi connectivity index (χ0n) is 7.71. The molecule has 10 heteroatoms. The number of benzene rings is 1. The SMILES string of the molecule is Nc1cc(Br)c(S(N)(=O)=O)cc1S(N)(=O)=O. The summed E-state index contributed by atoms with van der Waals surface area (Å²) in [4.78, 5) is -0.884. The molecule has 0 aliphatic rings. The second-order valence-corrected chi connectivity index (χ2v) is 6.82. The summed E-state index contributed by atoms with van der Waals surface area (Å²) in [6.07, 6.45) is 0. The number of hydrogen-bond donors (Lipinski definition) is 3. The van der Waals surface area contributed by atoms with Crippen molar-refractivity contribution in [3.8, 4) is 0 Å². The average Bonchev–Trinajstić information content (AvgIpc) is 1.97. The van der Waals surface area contributed by atoms with E-state index in [4.69, 9.17) is 16.0 Å². The Morgan fingerprint density at radius 1 is 0.938 bits per heavy atom. The largest absolute Gasteiger partial charge is 0.398 e. The van der Waals surface area contributed by atoms with E-state index in [1.165, 1.54) is 0 Å². The fourth-order valence-corrected chi connectivity index (χ4v) is 3.41. The monoisotopic (exact) mass is 329 g/mol. The maximum Gasteiger partial charge on any atom is 0.240 e. The lowest BCUT2D eigenvalue weighted by Crippen LogP contribution is -2.18. The Morgan fingerprint density at radius 2 is 1.38 bits per heavy atom. The number of anilines is 1. The van der Waals surface area contributed by atoms with E-state index in [1.54, 1.807) is 0 Å². The van der Waals surface area contributed by atoms with Gasteiger partial charge in [-0.25, -0.2) is 27.1 Å². The Balaban J connectivity index is 3.72. The van der Waals surface area contributed by atoms with Crippen molar-refractivity contribution in [2.24, 2.45) is 10.3 Å². The predicted molar refractivity (Wildman–Crippen MR) is 61.3 cm³/mol. The van der Waals surface area contributed by atoms with Crippen molar-refractivity contribution in [3.63, 3.8) is 0 Å². The van der Waals surface area contributed by atoms with Crippen molar-refractivity contribution in [2.45, 2.75) is 9.79 Å². The molecule has 0 spiro atoms. The zero-order valence-corrected chi connectivity index (χ0v) is 10.9. The smallest absolute Gasteiger partial charge is 0.240 e. The first kappa shape index (κ1) is 13.4. The van der Waals surface area contributed by atoms with E-state index in [2.05, 4.69) is 15.9 Å². The lowest BCUT2D eigenvalue weighted by molar-refractivity contribution is 0.596. The zero-order chi connectivity index (χ0) is 12.7. The maximum atomic E-state index is 11.1. The molecule has 0 aliphatic carbocycles. The van der Waals surface area contributed by atoms with Gasteiger partial charge in [0.05, 0.1) is 10.6 Å². The van der Waals surface area contributed by atoms with Crippen molar-refractivity contribution in [1.29, 1.82) is 0 Å². The van der Waals surface area contributed by atoms with Crippen LogP contribution in [0.15, 0.2) is 26.4 Å². The maximum absolute atomic E-state index is 11.1. The molecule has 1 rings (SSSR count). The van der Waals surface area contributed by atoms with Gasteiger partial charge in [0.2, 0.25) is 20.0 Å². The highest BCUT2D eigenvalue weighted by Crippen LogP contribution is 2.28. The van der Waals surface area contributed by atoms with Gasteiger partial charge in [-0.15, -0.1) is 0 Å². The van der Waals surface area contributed by atoms with Crippen LogP contribution in [-0.4, -0.2) is 16.8 Å². The van der Waals surface area contributed by atoms with Crippen molar-refractivity contribution in [2.75, 3.05) is 5.73 Å². The molecule has 0 heterocycles. The van der Waals surface area contributed by atoms with E-state index in [1.807, 2.05) is 0 Å². The predicted octanol–water partition coefficient (Wildman–Crippen LogP) is -0.674. The van der Waals surface area contributed by atoms with Crippen molar-refractivity contribution in [3.05, 3.63) is 16.6 Å². The van der Waals surface area contributed by atoms with Gasteiger partial charge < -0.3 is 5.73 Å². The highest BCUT2D eigenvalue weighted by atomic mass is 79.9. The van der Waals surface area contributed by atoms with E-state index in [-0.39, 0.29) is 10.2 Å². The molecule has 0 atom stereocenters. The average molecular weight is 330 g/mol. The minimum atomic E-state index is -4.10. The summed E-state index contributed by atoms with van der Waals surface area (Å²) in [7, 11) is -8.15. The van der Waals surface area contributed by atoms with Crippen LogP contribution in [0.4, 0.5) is 5.69 Å². The first-order chi connectivity index (χ1) is 7.03. The molecule has 0 aliphatic heterocycles. The molecule has 7 nitrogen and oxygen atoms in total. The number of nitrogens with two attached hydrogens (primary N) is 3. The van der Waals surface area contributed by atoms with Gasteiger partial charge in [-0.1, -0.05) is 0 Å². The van der Waals surface area contributed by atoms with Gasteiger partial charge in [-0.3, -0.25) is 0 Å². The molecule has 0 saturated heterocycles. The van der Waals surface area contributed by atoms with Crippen LogP contribution in [0.25, 0.3) is 0 Å². The summed E-state index contributed by atoms with van der Waals surface area (Å²) >= 11 is 2.91. The van der Waals surface area contributed by atoms with Crippen molar-refractivity contribution < 1.29 is 16.8 Å². The van der Waals surface area contributed by atoms with Gasteiger partial charge in [0.25, 0.3) is 0 Å². The minimum absolute atomic E-state index is 0.0694. The molecule has 0 fully saturated rings. The standard InChI is InChI=1S/C6H8BrN3O4S2/c7-3-1-4(8)6(16(10,13)14)2-5(3)15(9,11)12/h1-2H,8H2,(H2,9,11,12)(H2,10,13,14). The second kappa shape index (κ2) is 3.96. The van der Waals surface area contributed by atoms with E-state index in [0.717, 1.165) is 12.1 Å². The molecule has 0 radical (unpaired) electrons. The molecule has 1 aromatic rings. The quantitative estimate of drug-likeness (QED) is 0.615. The number of halogens is 1. The molecule has 0 aromatic heterocycles. The molecular weight excluding hydrogens is 322 g/mol. The Bertz CT molecular complexity index is 585. The van der Waals surface area contributed by atoms with E-state index in [0.29, 0.717) is 0 Å². The lowest BCUT2D eigenvalue weighted by atomic mass is 10.3. The van der Waals surface area contributed by atoms with Gasteiger partial charge in [0.15, 0.2) is 0 Å². The summed E-state index contributed by atoms with van der Waals surface area (Å²) < 4.78 is 44.5. The molecule has 1 aromatic carbocycles. The molecule has 16 heavy (non-hydrogen) atoms. The summed E-state index contributed by atoms with van der Waals surface area (Å²) in [5.41, 5.74) is 5.23. The topological polar surface area (TPSA) is 146 Å². The van der Waals surface area contributed by atoms with Gasteiger partial charge in [-0.2, -0.15) is 0 Å². The van der Waals surface area contributed by atoms with Crippen LogP contribution in [0.3, 0.4) is 0 Å². The highest BCUT2D eigenvalue weighted by Gasteiger charge is 2.20. The minimum Gasteiger partial charge on any atom is -0.398 e. The number of rotatable bonds is 2. The summed E-state index contributed by atoms with van der Waals surface area (Å²) in [5, 5.41) is 9.75. The highest BCUT2D eigenvalue weighted by molar-refractivity contribution is 9.10. The van der Waals surface area contributed by atoms with Crippen LogP contribution < -0.4 is 16.0 Å². The van der Waals surface area contributed by atoms with Gasteiger partial charge >= 0.3 is 0 Å². The van der Waals surface area contributed by atoms with E-state index >= 15 is 0 Å². The lowest BCUT2D eigenvalue weighted by Gasteiger charge is -2.07. The molecule has 6 N–H and O–H groups in total. The van der Waals surface area contributed by atoms with Crippen LogP contribution >= 0.6 is 15.9 Å². The molecule has 90 valence electrons. The first-order valence-corrected chi connectivity index (χ1v) is 7.56. The van der Waals surface area contributed by atoms with E-state index in [9.17, 15) is 16.8 Å². The molecular formula is C6H8BrN3O4S2. The van der Waals surface area contributed by atoms with Crippen molar-refractivity contribution in [1.82, 2.24) is 0 Å². The third kappa shape index (κ3) is 2.71. The molecule has 0 bridgehead atoms. The summed E-state index contributed by atoms with van der Waals surface area (Å²) in [6, 6.07) is 1.92. The van der Waals surface area contributed by atoms with E-state index < -0.39 is 29.8 Å². The Morgan fingerprint density at radius 3 is 1.75 bits per heavy atom. The van der Waals surface area contributed by atoms with Gasteiger partial charge in [0, 0.05) is 4.47 Å². The van der Waals surface area contributed by atoms with Crippen molar-refractivity contribution >= 4 is 41.7 Å². The molecule has 0 unspecified atom stereocenters. The number of primary sulfonamides is 2. The fourth-order valence-electron chi connectivity index (χ4n) is 1.01. The van der Waals surface area contributed by atoms with Crippen LogP contribution in [0.5, 0.6) is 0 Å². The molecule has 0 saturated carbocycles. The van der Waals surface area contributed by atoms with Crippen LogP contribution in [0.2, 0.25) is 0 Å². The normalized spacial score (nSPS) is 12.7. The Hall–Kier alpha value is -0.680. The summed E-state index contributed by atoms with van der Waals surface area (Å²) in [6.45, 7) is 0. The fraction of sp³-hybridized carbons (Fsp3) is 0. The summed E-state index contributed by atoms with van der Waals surface area (Å²) in [5.74, 6) is 0.